The number of imidazole rings is 1. The average molecular weight is 302 g/mol. The van der Waals surface area contributed by atoms with Crippen molar-refractivity contribution in [1.29, 1.82) is 0 Å². The minimum Gasteiger partial charge on any atom is -0.379 e. The Bertz CT molecular complexity index is 547. The summed E-state index contributed by atoms with van der Waals surface area (Å²) < 4.78 is 32.3. The molecule has 0 atom stereocenters. The first-order chi connectivity index (χ1) is 9.31. The van der Waals surface area contributed by atoms with Gasteiger partial charge in [0.15, 0.2) is 5.03 Å². The third-order valence-electron chi connectivity index (χ3n) is 3.53. The Kier molecular flexibility index (Phi) is 4.48. The third kappa shape index (κ3) is 3.57. The lowest BCUT2D eigenvalue weighted by Gasteiger charge is -2.40. The summed E-state index contributed by atoms with van der Waals surface area (Å²) in [6.45, 7) is 9.13. The summed E-state index contributed by atoms with van der Waals surface area (Å²) in [6.07, 6.45) is 1.33. The molecule has 0 aromatic carbocycles. The number of hydrogen-bond donors (Lipinski definition) is 2. The molecule has 1 aliphatic rings. The van der Waals surface area contributed by atoms with Crippen LogP contribution in [-0.4, -0.2) is 61.7 Å². The molecule has 1 aliphatic heterocycles. The van der Waals surface area contributed by atoms with Crippen molar-refractivity contribution >= 4 is 10.0 Å². The van der Waals surface area contributed by atoms with E-state index in [1.54, 1.807) is 6.92 Å². The summed E-state index contributed by atoms with van der Waals surface area (Å²) >= 11 is 0. The number of rotatable bonds is 5. The van der Waals surface area contributed by atoms with E-state index in [0.29, 0.717) is 25.6 Å². The molecule has 2 heterocycles. The molecule has 114 valence electrons. The highest BCUT2D eigenvalue weighted by Gasteiger charge is 2.30. The van der Waals surface area contributed by atoms with Crippen molar-refractivity contribution in [2.45, 2.75) is 31.3 Å². The standard InChI is InChI=1S/C12H22N4O3S/c1-10-13-8-11(15-10)20(17,18)14-9-12(2,3)16-4-6-19-7-5-16/h8,14H,4-7,9H2,1-3H3,(H,13,15). The summed E-state index contributed by atoms with van der Waals surface area (Å²) in [7, 11) is -3.54. The first-order valence-corrected chi connectivity index (χ1v) is 8.14. The van der Waals surface area contributed by atoms with Crippen molar-refractivity contribution < 1.29 is 13.2 Å². The Labute approximate surface area is 119 Å². The molecule has 1 aromatic heterocycles. The number of morpholine rings is 1. The molecule has 2 N–H and O–H groups in total. The molecule has 0 radical (unpaired) electrons. The second-order valence-corrected chi connectivity index (χ2v) is 7.30. The smallest absolute Gasteiger partial charge is 0.257 e. The molecule has 1 aromatic rings. The highest BCUT2D eigenvalue weighted by atomic mass is 32.2. The number of sulfonamides is 1. The van der Waals surface area contributed by atoms with E-state index in [4.69, 9.17) is 4.74 Å². The van der Waals surface area contributed by atoms with Crippen LogP contribution < -0.4 is 4.72 Å². The highest BCUT2D eigenvalue weighted by Crippen LogP contribution is 2.16. The number of aromatic nitrogens is 2. The van der Waals surface area contributed by atoms with Crippen LogP contribution in [0.4, 0.5) is 0 Å². The average Bonchev–Trinajstić information content (AvgIpc) is 2.85. The molecule has 0 amide bonds. The number of nitrogens with zero attached hydrogens (tertiary/aromatic N) is 2. The number of hydrogen-bond acceptors (Lipinski definition) is 5. The topological polar surface area (TPSA) is 87.3 Å². The monoisotopic (exact) mass is 302 g/mol. The number of ether oxygens (including phenoxy) is 1. The summed E-state index contributed by atoms with van der Waals surface area (Å²) in [5, 5.41) is 0.104. The third-order valence-corrected chi connectivity index (χ3v) is 4.84. The fourth-order valence-corrected chi connectivity index (χ4v) is 3.34. The quantitative estimate of drug-likeness (QED) is 0.806. The van der Waals surface area contributed by atoms with Gasteiger partial charge in [0, 0.05) is 25.2 Å². The molecule has 1 fully saturated rings. The Balaban J connectivity index is 1.99. The largest absolute Gasteiger partial charge is 0.379 e. The second kappa shape index (κ2) is 5.80. The number of H-pyrrole nitrogens is 1. The molecule has 1 saturated heterocycles. The maximum absolute atomic E-state index is 12.1. The van der Waals surface area contributed by atoms with Crippen LogP contribution in [0.2, 0.25) is 0 Å². The first-order valence-electron chi connectivity index (χ1n) is 6.65. The number of aromatic amines is 1. The van der Waals surface area contributed by atoms with Crippen LogP contribution >= 0.6 is 0 Å². The zero-order chi connectivity index (χ0) is 14.8. The van der Waals surface area contributed by atoms with Gasteiger partial charge in [-0.2, -0.15) is 0 Å². The summed E-state index contributed by atoms with van der Waals surface area (Å²) in [5.41, 5.74) is -0.258. The molecule has 20 heavy (non-hydrogen) atoms. The SMILES string of the molecule is Cc1ncc(S(=O)(=O)NCC(C)(C)N2CCOCC2)[nH]1. The fraction of sp³-hybridized carbons (Fsp3) is 0.750. The van der Waals surface area contributed by atoms with E-state index < -0.39 is 10.0 Å². The Morgan fingerprint density at radius 1 is 1.45 bits per heavy atom. The zero-order valence-corrected chi connectivity index (χ0v) is 13.0. The summed E-state index contributed by atoms with van der Waals surface area (Å²) in [6, 6.07) is 0. The van der Waals surface area contributed by atoms with E-state index in [9.17, 15) is 8.42 Å². The van der Waals surface area contributed by atoms with Crippen molar-refractivity contribution in [3.8, 4) is 0 Å². The summed E-state index contributed by atoms with van der Waals surface area (Å²) in [5.74, 6) is 0.581. The minimum absolute atomic E-state index is 0.104. The van der Waals surface area contributed by atoms with Crippen LogP contribution in [0.15, 0.2) is 11.2 Å². The van der Waals surface area contributed by atoms with Gasteiger partial charge in [0.05, 0.1) is 19.4 Å². The van der Waals surface area contributed by atoms with E-state index in [1.165, 1.54) is 6.20 Å². The van der Waals surface area contributed by atoms with Gasteiger partial charge in [-0.25, -0.2) is 18.1 Å². The van der Waals surface area contributed by atoms with Crippen molar-refractivity contribution in [3.63, 3.8) is 0 Å². The van der Waals surface area contributed by atoms with Gasteiger partial charge in [0.1, 0.15) is 5.82 Å². The van der Waals surface area contributed by atoms with Crippen molar-refractivity contribution in [1.82, 2.24) is 19.6 Å². The lowest BCUT2D eigenvalue weighted by Crippen LogP contribution is -2.55. The molecule has 2 rings (SSSR count). The lowest BCUT2D eigenvalue weighted by atomic mass is 10.0. The molecular weight excluding hydrogens is 280 g/mol. The van der Waals surface area contributed by atoms with Crippen molar-refractivity contribution in [2.24, 2.45) is 0 Å². The number of nitrogens with one attached hydrogen (secondary N) is 2. The normalized spacial score (nSPS) is 18.4. The first kappa shape index (κ1) is 15.4. The Hall–Kier alpha value is -0.960. The maximum Gasteiger partial charge on any atom is 0.257 e. The summed E-state index contributed by atoms with van der Waals surface area (Å²) in [4.78, 5) is 8.89. The van der Waals surface area contributed by atoms with E-state index in [1.807, 2.05) is 13.8 Å². The van der Waals surface area contributed by atoms with Crippen LogP contribution in [0.3, 0.4) is 0 Å². The molecule has 0 bridgehead atoms. The van der Waals surface area contributed by atoms with Crippen molar-refractivity contribution in [3.05, 3.63) is 12.0 Å². The van der Waals surface area contributed by atoms with E-state index >= 15 is 0 Å². The molecular formula is C12H22N4O3S. The Morgan fingerprint density at radius 3 is 2.65 bits per heavy atom. The van der Waals surface area contributed by atoms with E-state index in [2.05, 4.69) is 19.6 Å². The minimum atomic E-state index is -3.54. The Morgan fingerprint density at radius 2 is 2.10 bits per heavy atom. The van der Waals surface area contributed by atoms with Crippen LogP contribution in [0.25, 0.3) is 0 Å². The molecule has 0 saturated carbocycles. The predicted molar refractivity (Wildman–Crippen MR) is 75.0 cm³/mol. The maximum atomic E-state index is 12.1. The second-order valence-electron chi connectivity index (χ2n) is 5.57. The molecule has 8 heteroatoms. The molecule has 0 aliphatic carbocycles. The highest BCUT2D eigenvalue weighted by molar-refractivity contribution is 7.89. The van der Waals surface area contributed by atoms with Crippen LogP contribution in [-0.2, 0) is 14.8 Å². The van der Waals surface area contributed by atoms with Gasteiger partial charge < -0.3 is 9.72 Å². The van der Waals surface area contributed by atoms with E-state index in [-0.39, 0.29) is 10.6 Å². The van der Waals surface area contributed by atoms with Gasteiger partial charge in [0.25, 0.3) is 10.0 Å². The van der Waals surface area contributed by atoms with Gasteiger partial charge in [-0.05, 0) is 20.8 Å². The van der Waals surface area contributed by atoms with Gasteiger partial charge in [-0.3, -0.25) is 4.90 Å². The van der Waals surface area contributed by atoms with Gasteiger partial charge in [0.2, 0.25) is 0 Å². The van der Waals surface area contributed by atoms with Gasteiger partial charge >= 0.3 is 0 Å². The van der Waals surface area contributed by atoms with Crippen LogP contribution in [0, 0.1) is 6.92 Å². The van der Waals surface area contributed by atoms with E-state index in [0.717, 1.165) is 13.1 Å². The van der Waals surface area contributed by atoms with Gasteiger partial charge in [-0.15, -0.1) is 0 Å². The number of aryl methyl sites for hydroxylation is 1. The lowest BCUT2D eigenvalue weighted by molar-refractivity contribution is -0.00804. The molecule has 0 spiro atoms. The molecule has 0 unspecified atom stereocenters. The molecule has 7 nitrogen and oxygen atoms in total. The fourth-order valence-electron chi connectivity index (χ4n) is 2.16. The zero-order valence-electron chi connectivity index (χ0n) is 12.1. The van der Waals surface area contributed by atoms with Crippen LogP contribution in [0.5, 0.6) is 0 Å². The van der Waals surface area contributed by atoms with Gasteiger partial charge in [-0.1, -0.05) is 0 Å². The van der Waals surface area contributed by atoms with Crippen molar-refractivity contribution in [2.75, 3.05) is 32.8 Å². The van der Waals surface area contributed by atoms with Crippen LogP contribution in [0.1, 0.15) is 19.7 Å². The predicted octanol–water partition coefficient (Wildman–Crippen LogP) is 0.107.